The molecule has 1 aromatic heterocycles. The Balaban J connectivity index is 2.30. The van der Waals surface area contributed by atoms with Gasteiger partial charge in [-0.05, 0) is 5.41 Å². The Hall–Kier alpha value is -1.03. The molecule has 0 spiro atoms. The summed E-state index contributed by atoms with van der Waals surface area (Å²) in [5.41, 5.74) is 6.90. The highest BCUT2D eigenvalue weighted by atomic mass is 16.5. The van der Waals surface area contributed by atoms with Crippen molar-refractivity contribution in [1.82, 2.24) is 9.78 Å². The molecule has 1 aliphatic heterocycles. The van der Waals surface area contributed by atoms with Gasteiger partial charge in [0.15, 0.2) is 0 Å². The molecule has 0 amide bonds. The van der Waals surface area contributed by atoms with Gasteiger partial charge in [0.2, 0.25) is 5.88 Å². The van der Waals surface area contributed by atoms with E-state index in [-0.39, 0.29) is 5.41 Å². The third kappa shape index (κ3) is 1.86. The molecular formula is C11H19N3O. The van der Waals surface area contributed by atoms with Gasteiger partial charge >= 0.3 is 0 Å². The van der Waals surface area contributed by atoms with Crippen molar-refractivity contribution in [2.45, 2.75) is 32.7 Å². The van der Waals surface area contributed by atoms with E-state index in [4.69, 9.17) is 10.5 Å². The summed E-state index contributed by atoms with van der Waals surface area (Å²) in [7, 11) is 0. The maximum Gasteiger partial charge on any atom is 0.215 e. The van der Waals surface area contributed by atoms with Crippen LogP contribution in [0.25, 0.3) is 0 Å². The average Bonchev–Trinajstić information content (AvgIpc) is 2.59. The van der Waals surface area contributed by atoms with Crippen molar-refractivity contribution in [2.75, 3.05) is 13.2 Å². The van der Waals surface area contributed by atoms with Gasteiger partial charge in [-0.3, -0.25) is 0 Å². The Labute approximate surface area is 90.4 Å². The SMILES string of the molecule is CC(C)(C)c1cnn2c1OCC(CN)C2. The minimum atomic E-state index is 0.0864. The molecule has 1 atom stereocenters. The first-order valence-electron chi connectivity index (χ1n) is 5.41. The van der Waals surface area contributed by atoms with E-state index < -0.39 is 0 Å². The molecule has 0 saturated carbocycles. The Kier molecular flexibility index (Phi) is 2.46. The van der Waals surface area contributed by atoms with Crippen LogP contribution in [0.1, 0.15) is 26.3 Å². The van der Waals surface area contributed by atoms with Crippen LogP contribution in [0.15, 0.2) is 6.20 Å². The molecule has 2 heterocycles. The molecule has 4 nitrogen and oxygen atoms in total. The Bertz CT molecular complexity index is 351. The lowest BCUT2D eigenvalue weighted by Gasteiger charge is -2.26. The maximum absolute atomic E-state index is 5.75. The number of nitrogens with zero attached hydrogens (tertiary/aromatic N) is 2. The van der Waals surface area contributed by atoms with Crippen LogP contribution in [0.3, 0.4) is 0 Å². The van der Waals surface area contributed by atoms with Gasteiger partial charge in [0.1, 0.15) is 0 Å². The molecule has 0 aliphatic carbocycles. The molecule has 0 aromatic carbocycles. The monoisotopic (exact) mass is 209 g/mol. The van der Waals surface area contributed by atoms with Crippen LogP contribution in [-0.2, 0) is 12.0 Å². The molecular weight excluding hydrogens is 190 g/mol. The minimum absolute atomic E-state index is 0.0864. The maximum atomic E-state index is 5.75. The van der Waals surface area contributed by atoms with E-state index in [9.17, 15) is 0 Å². The predicted molar refractivity (Wildman–Crippen MR) is 59.0 cm³/mol. The molecule has 0 saturated heterocycles. The van der Waals surface area contributed by atoms with Gasteiger partial charge in [0, 0.05) is 18.0 Å². The topological polar surface area (TPSA) is 53.1 Å². The first-order chi connectivity index (χ1) is 7.02. The second-order valence-corrected chi connectivity index (χ2v) is 5.21. The normalized spacial score (nSPS) is 20.9. The van der Waals surface area contributed by atoms with Crippen LogP contribution >= 0.6 is 0 Å². The molecule has 1 unspecified atom stereocenters. The Morgan fingerprint density at radius 1 is 1.60 bits per heavy atom. The number of hydrogen-bond donors (Lipinski definition) is 1. The van der Waals surface area contributed by atoms with Crippen LogP contribution in [0, 0.1) is 5.92 Å². The predicted octanol–water partition coefficient (Wildman–Crippen LogP) is 1.15. The largest absolute Gasteiger partial charge is 0.477 e. The molecule has 0 radical (unpaired) electrons. The van der Waals surface area contributed by atoms with Gasteiger partial charge in [0.05, 0.1) is 19.3 Å². The summed E-state index contributed by atoms with van der Waals surface area (Å²) < 4.78 is 7.68. The van der Waals surface area contributed by atoms with E-state index in [1.54, 1.807) is 0 Å². The zero-order chi connectivity index (χ0) is 11.1. The van der Waals surface area contributed by atoms with Crippen LogP contribution in [-0.4, -0.2) is 22.9 Å². The molecule has 1 aromatic rings. The third-order valence-electron chi connectivity index (χ3n) is 2.82. The quantitative estimate of drug-likeness (QED) is 0.754. The lowest BCUT2D eigenvalue weighted by atomic mass is 9.89. The first-order valence-corrected chi connectivity index (χ1v) is 5.41. The Morgan fingerprint density at radius 2 is 2.33 bits per heavy atom. The van der Waals surface area contributed by atoms with E-state index >= 15 is 0 Å². The van der Waals surface area contributed by atoms with Crippen LogP contribution in [0.2, 0.25) is 0 Å². The van der Waals surface area contributed by atoms with Gasteiger partial charge in [-0.15, -0.1) is 0 Å². The molecule has 84 valence electrons. The summed E-state index contributed by atoms with van der Waals surface area (Å²) in [5.74, 6) is 1.32. The second-order valence-electron chi connectivity index (χ2n) is 5.21. The number of ether oxygens (including phenoxy) is 1. The fourth-order valence-corrected chi connectivity index (χ4v) is 1.81. The molecule has 0 fully saturated rings. The van der Waals surface area contributed by atoms with Crippen molar-refractivity contribution < 1.29 is 4.74 Å². The zero-order valence-electron chi connectivity index (χ0n) is 9.66. The molecule has 2 N–H and O–H groups in total. The van der Waals surface area contributed by atoms with E-state index in [0.29, 0.717) is 19.1 Å². The van der Waals surface area contributed by atoms with Crippen molar-refractivity contribution >= 4 is 0 Å². The molecule has 1 aliphatic rings. The van der Waals surface area contributed by atoms with Crippen molar-refractivity contribution in [2.24, 2.45) is 11.7 Å². The summed E-state index contributed by atoms with van der Waals surface area (Å²) in [6.07, 6.45) is 1.91. The summed E-state index contributed by atoms with van der Waals surface area (Å²) in [5, 5.41) is 4.36. The molecule has 15 heavy (non-hydrogen) atoms. The summed E-state index contributed by atoms with van der Waals surface area (Å²) in [4.78, 5) is 0. The van der Waals surface area contributed by atoms with E-state index in [0.717, 1.165) is 12.4 Å². The van der Waals surface area contributed by atoms with Crippen LogP contribution in [0.4, 0.5) is 0 Å². The molecule has 2 rings (SSSR count). The highest BCUT2D eigenvalue weighted by Crippen LogP contribution is 2.33. The highest BCUT2D eigenvalue weighted by Gasteiger charge is 2.27. The van der Waals surface area contributed by atoms with Gasteiger partial charge < -0.3 is 10.5 Å². The van der Waals surface area contributed by atoms with Gasteiger partial charge in [-0.1, -0.05) is 20.8 Å². The van der Waals surface area contributed by atoms with Gasteiger partial charge in [-0.2, -0.15) is 5.10 Å². The lowest BCUT2D eigenvalue weighted by Crippen LogP contribution is -2.32. The average molecular weight is 209 g/mol. The fraction of sp³-hybridized carbons (Fsp3) is 0.727. The third-order valence-corrected chi connectivity index (χ3v) is 2.82. The highest BCUT2D eigenvalue weighted by molar-refractivity contribution is 5.31. The Morgan fingerprint density at radius 3 is 2.93 bits per heavy atom. The van der Waals surface area contributed by atoms with Gasteiger partial charge in [-0.25, -0.2) is 4.68 Å². The number of aromatic nitrogens is 2. The minimum Gasteiger partial charge on any atom is -0.477 e. The molecule has 4 heteroatoms. The van der Waals surface area contributed by atoms with Crippen molar-refractivity contribution in [3.63, 3.8) is 0 Å². The molecule has 0 bridgehead atoms. The standard InChI is InChI=1S/C11H19N3O/c1-11(2,3)9-5-13-14-6-8(4-12)7-15-10(9)14/h5,8H,4,6-7,12H2,1-3H3. The number of hydrogen-bond acceptors (Lipinski definition) is 3. The lowest BCUT2D eigenvalue weighted by molar-refractivity contribution is 0.165. The van der Waals surface area contributed by atoms with Gasteiger partial charge in [0.25, 0.3) is 0 Å². The fourth-order valence-electron chi connectivity index (χ4n) is 1.81. The van der Waals surface area contributed by atoms with E-state index in [1.165, 1.54) is 5.56 Å². The smallest absolute Gasteiger partial charge is 0.215 e. The van der Waals surface area contributed by atoms with Crippen LogP contribution < -0.4 is 10.5 Å². The number of rotatable bonds is 1. The number of nitrogens with two attached hydrogens (primary N) is 1. The van der Waals surface area contributed by atoms with Crippen molar-refractivity contribution in [3.05, 3.63) is 11.8 Å². The summed E-state index contributed by atoms with van der Waals surface area (Å²) >= 11 is 0. The van der Waals surface area contributed by atoms with Crippen molar-refractivity contribution in [3.8, 4) is 5.88 Å². The number of fused-ring (bicyclic) bond motifs is 1. The summed E-state index contributed by atoms with van der Waals surface area (Å²) in [6, 6.07) is 0. The summed E-state index contributed by atoms with van der Waals surface area (Å²) in [6.45, 7) is 8.76. The second kappa shape index (κ2) is 3.52. The zero-order valence-corrected chi connectivity index (χ0v) is 9.66. The first kappa shape index (κ1) is 10.5. The van der Waals surface area contributed by atoms with Crippen LogP contribution in [0.5, 0.6) is 5.88 Å². The van der Waals surface area contributed by atoms with E-state index in [2.05, 4.69) is 25.9 Å². The van der Waals surface area contributed by atoms with Crippen molar-refractivity contribution in [1.29, 1.82) is 0 Å². The van der Waals surface area contributed by atoms with E-state index in [1.807, 2.05) is 10.9 Å².